The molecule has 0 fully saturated rings. The molecular weight excluding hydrogens is 205 g/mol. The van der Waals surface area contributed by atoms with Gasteiger partial charge in [-0.2, -0.15) is 0 Å². The van der Waals surface area contributed by atoms with Crippen LogP contribution in [0.25, 0.3) is 0 Å². The van der Waals surface area contributed by atoms with E-state index in [2.05, 4.69) is 13.8 Å². The Morgan fingerprint density at radius 3 is 2.81 bits per heavy atom. The third kappa shape index (κ3) is 1.60. The van der Waals surface area contributed by atoms with Gasteiger partial charge in [0.05, 0.1) is 6.04 Å². The average Bonchev–Trinajstić information content (AvgIpc) is 2.50. The average molecular weight is 221 g/mol. The zero-order chi connectivity index (χ0) is 11.9. The van der Waals surface area contributed by atoms with Crippen LogP contribution in [0.5, 0.6) is 0 Å². The molecule has 0 N–H and O–H groups in total. The summed E-state index contributed by atoms with van der Waals surface area (Å²) in [6, 6.07) is 4.63. The Kier molecular flexibility index (Phi) is 2.49. The quantitative estimate of drug-likeness (QED) is 0.715. The van der Waals surface area contributed by atoms with Crippen LogP contribution >= 0.6 is 0 Å². The number of hydrogen-bond donors (Lipinski definition) is 0. The first-order chi connectivity index (χ1) is 7.45. The van der Waals surface area contributed by atoms with Crippen molar-refractivity contribution in [3.8, 4) is 0 Å². The van der Waals surface area contributed by atoms with E-state index >= 15 is 0 Å². The van der Waals surface area contributed by atoms with Crippen LogP contribution in [0.4, 0.5) is 10.1 Å². The fraction of sp³-hybridized carbons (Fsp3) is 0.462. The van der Waals surface area contributed by atoms with E-state index in [9.17, 15) is 9.18 Å². The second kappa shape index (κ2) is 3.58. The summed E-state index contributed by atoms with van der Waals surface area (Å²) in [4.78, 5) is 12.9. The van der Waals surface area contributed by atoms with E-state index < -0.39 is 0 Å². The van der Waals surface area contributed by atoms with E-state index in [4.69, 9.17) is 0 Å². The van der Waals surface area contributed by atoms with E-state index in [-0.39, 0.29) is 17.3 Å². The minimum Gasteiger partial charge on any atom is -0.361 e. The fourth-order valence-electron chi connectivity index (χ4n) is 2.33. The summed E-state index contributed by atoms with van der Waals surface area (Å²) in [5.74, 6) is -0.215. The summed E-state index contributed by atoms with van der Waals surface area (Å²) in [5.41, 5.74) is 1.86. The molecule has 0 radical (unpaired) electrons. The molecule has 1 heterocycles. The number of halogens is 1. The Bertz CT molecular complexity index is 428. The highest BCUT2D eigenvalue weighted by atomic mass is 19.1. The molecule has 1 aliphatic rings. The molecule has 1 unspecified atom stereocenters. The molecule has 2 nitrogen and oxygen atoms in total. The van der Waals surface area contributed by atoms with Gasteiger partial charge >= 0.3 is 0 Å². The van der Waals surface area contributed by atoms with Crippen molar-refractivity contribution >= 4 is 12.0 Å². The minimum atomic E-state index is -0.215. The zero-order valence-corrected chi connectivity index (χ0v) is 9.83. The molecule has 16 heavy (non-hydrogen) atoms. The van der Waals surface area contributed by atoms with Crippen molar-refractivity contribution in [3.05, 3.63) is 29.6 Å². The Morgan fingerprint density at radius 2 is 2.19 bits per heavy atom. The van der Waals surface area contributed by atoms with Gasteiger partial charge in [0.2, 0.25) is 0 Å². The standard InChI is InChI=1S/C13H16FNO/c1-9(7-16)15-8-13(2,3)11-6-10(14)4-5-12(11)15/h4-7,9H,8H2,1-3H3. The lowest BCUT2D eigenvalue weighted by molar-refractivity contribution is -0.108. The first-order valence-corrected chi connectivity index (χ1v) is 5.47. The largest absolute Gasteiger partial charge is 0.361 e. The topological polar surface area (TPSA) is 20.3 Å². The van der Waals surface area contributed by atoms with Gasteiger partial charge in [-0.05, 0) is 30.7 Å². The number of aldehydes is 1. The highest BCUT2D eigenvalue weighted by molar-refractivity contribution is 5.71. The first kappa shape index (κ1) is 11.1. The van der Waals surface area contributed by atoms with E-state index in [0.29, 0.717) is 0 Å². The normalized spacial score (nSPS) is 19.4. The van der Waals surface area contributed by atoms with E-state index in [1.54, 1.807) is 12.1 Å². The lowest BCUT2D eigenvalue weighted by Gasteiger charge is -2.25. The maximum Gasteiger partial charge on any atom is 0.142 e. The number of carbonyl (C=O) groups is 1. The smallest absolute Gasteiger partial charge is 0.142 e. The third-order valence-corrected chi connectivity index (χ3v) is 3.25. The van der Waals surface area contributed by atoms with Gasteiger partial charge in [-0.3, -0.25) is 0 Å². The van der Waals surface area contributed by atoms with E-state index in [1.807, 2.05) is 11.8 Å². The molecule has 2 rings (SSSR count). The maximum atomic E-state index is 13.2. The number of benzene rings is 1. The van der Waals surface area contributed by atoms with Gasteiger partial charge in [-0.25, -0.2) is 4.39 Å². The fourth-order valence-corrected chi connectivity index (χ4v) is 2.33. The summed E-state index contributed by atoms with van der Waals surface area (Å²) in [7, 11) is 0. The maximum absolute atomic E-state index is 13.2. The summed E-state index contributed by atoms with van der Waals surface area (Å²) in [6.07, 6.45) is 0.925. The molecule has 1 atom stereocenters. The second-order valence-electron chi connectivity index (χ2n) is 5.05. The van der Waals surface area contributed by atoms with Crippen molar-refractivity contribution in [3.63, 3.8) is 0 Å². The van der Waals surface area contributed by atoms with Gasteiger partial charge in [0.15, 0.2) is 0 Å². The molecule has 1 aromatic carbocycles. The number of fused-ring (bicyclic) bond motifs is 1. The molecule has 0 saturated heterocycles. The van der Waals surface area contributed by atoms with Gasteiger partial charge in [-0.15, -0.1) is 0 Å². The van der Waals surface area contributed by atoms with Crippen LogP contribution in [0.3, 0.4) is 0 Å². The number of hydrogen-bond acceptors (Lipinski definition) is 2. The zero-order valence-electron chi connectivity index (χ0n) is 9.83. The van der Waals surface area contributed by atoms with Crippen LogP contribution in [0.2, 0.25) is 0 Å². The monoisotopic (exact) mass is 221 g/mol. The van der Waals surface area contributed by atoms with Crippen molar-refractivity contribution in [1.29, 1.82) is 0 Å². The van der Waals surface area contributed by atoms with Gasteiger partial charge in [-0.1, -0.05) is 13.8 Å². The van der Waals surface area contributed by atoms with Crippen molar-refractivity contribution in [1.82, 2.24) is 0 Å². The summed E-state index contributed by atoms with van der Waals surface area (Å²) in [5, 5.41) is 0. The number of anilines is 1. The van der Waals surface area contributed by atoms with E-state index in [1.165, 1.54) is 6.07 Å². The molecule has 1 aromatic rings. The van der Waals surface area contributed by atoms with Crippen LogP contribution < -0.4 is 4.90 Å². The molecule has 1 aliphatic heterocycles. The van der Waals surface area contributed by atoms with Gasteiger partial charge in [0.25, 0.3) is 0 Å². The Morgan fingerprint density at radius 1 is 1.50 bits per heavy atom. The Labute approximate surface area is 95.1 Å². The summed E-state index contributed by atoms with van der Waals surface area (Å²) >= 11 is 0. The van der Waals surface area contributed by atoms with Crippen LogP contribution in [0.15, 0.2) is 18.2 Å². The van der Waals surface area contributed by atoms with Crippen LogP contribution in [0.1, 0.15) is 26.3 Å². The molecule has 3 heteroatoms. The molecule has 0 aliphatic carbocycles. The van der Waals surface area contributed by atoms with Crippen molar-refractivity contribution in [2.45, 2.75) is 32.2 Å². The molecule has 0 aromatic heterocycles. The Hall–Kier alpha value is -1.38. The highest BCUT2D eigenvalue weighted by Gasteiger charge is 2.37. The molecular formula is C13H16FNO. The van der Waals surface area contributed by atoms with Crippen LogP contribution in [0, 0.1) is 5.82 Å². The van der Waals surface area contributed by atoms with Crippen molar-refractivity contribution in [2.24, 2.45) is 0 Å². The SMILES string of the molecule is CC(C=O)N1CC(C)(C)c2cc(F)ccc21. The summed E-state index contributed by atoms with van der Waals surface area (Å²) in [6.45, 7) is 6.76. The third-order valence-electron chi connectivity index (χ3n) is 3.25. The first-order valence-electron chi connectivity index (χ1n) is 5.47. The van der Waals surface area contributed by atoms with Crippen molar-refractivity contribution < 1.29 is 9.18 Å². The minimum absolute atomic E-state index is 0.102. The van der Waals surface area contributed by atoms with E-state index in [0.717, 1.165) is 24.1 Å². The predicted molar refractivity (Wildman–Crippen MR) is 62.3 cm³/mol. The molecule has 0 saturated carbocycles. The molecule has 0 bridgehead atoms. The number of carbonyl (C=O) groups excluding carboxylic acids is 1. The van der Waals surface area contributed by atoms with Gasteiger partial charge in [0.1, 0.15) is 12.1 Å². The van der Waals surface area contributed by atoms with Gasteiger partial charge < -0.3 is 9.69 Å². The Balaban J connectivity index is 2.50. The highest BCUT2D eigenvalue weighted by Crippen LogP contribution is 2.41. The predicted octanol–water partition coefficient (Wildman–Crippen LogP) is 2.51. The van der Waals surface area contributed by atoms with Crippen LogP contribution in [-0.4, -0.2) is 18.9 Å². The molecule has 0 spiro atoms. The molecule has 86 valence electrons. The number of rotatable bonds is 2. The lowest BCUT2D eigenvalue weighted by Crippen LogP contribution is -2.36. The number of nitrogens with zero attached hydrogens (tertiary/aromatic N) is 1. The van der Waals surface area contributed by atoms with Crippen molar-refractivity contribution in [2.75, 3.05) is 11.4 Å². The molecule has 0 amide bonds. The summed E-state index contributed by atoms with van der Waals surface area (Å²) < 4.78 is 13.2. The lowest BCUT2D eigenvalue weighted by atomic mass is 9.87. The van der Waals surface area contributed by atoms with Crippen LogP contribution in [-0.2, 0) is 10.2 Å². The van der Waals surface area contributed by atoms with Gasteiger partial charge in [0, 0.05) is 17.6 Å². The second-order valence-corrected chi connectivity index (χ2v) is 5.05.